The lowest BCUT2D eigenvalue weighted by Gasteiger charge is -2.18. The van der Waals surface area contributed by atoms with Gasteiger partial charge in [0.1, 0.15) is 13.2 Å². The van der Waals surface area contributed by atoms with Crippen molar-refractivity contribution in [3.05, 3.63) is 60.8 Å². The SMILES string of the molecule is CC\C=C/C=C\C=C/C=C\C=C/CCCC(=O)OC(COC(=O)CCCCCCCCCCCCC)COC(=O)CCCCCCCCCCCCCCCCCCCC. The molecule has 0 rings (SSSR count). The number of ether oxygens (including phenoxy) is 3. The number of rotatable bonds is 45. The zero-order valence-electron chi connectivity index (χ0n) is 39.5. The van der Waals surface area contributed by atoms with Crippen LogP contribution in [0.4, 0.5) is 0 Å². The lowest BCUT2D eigenvalue weighted by molar-refractivity contribution is -0.167. The molecule has 0 N–H and O–H groups in total. The average molecular weight is 839 g/mol. The number of carbonyl (C=O) groups is 3. The Morgan fingerprint density at radius 3 is 1.00 bits per heavy atom. The molecule has 1 unspecified atom stereocenters. The van der Waals surface area contributed by atoms with E-state index in [1.54, 1.807) is 0 Å². The van der Waals surface area contributed by atoms with E-state index in [1.807, 2.05) is 54.7 Å². The van der Waals surface area contributed by atoms with Crippen molar-refractivity contribution in [3.8, 4) is 0 Å². The van der Waals surface area contributed by atoms with E-state index < -0.39 is 6.10 Å². The first-order valence-corrected chi connectivity index (χ1v) is 25.4. The second-order valence-corrected chi connectivity index (χ2v) is 16.8. The van der Waals surface area contributed by atoms with Gasteiger partial charge in [0.15, 0.2) is 6.10 Å². The largest absolute Gasteiger partial charge is 0.462 e. The number of unbranched alkanes of at least 4 members (excludes halogenated alkanes) is 28. The minimum atomic E-state index is -0.806. The Bertz CT molecular complexity index is 1100. The molecule has 60 heavy (non-hydrogen) atoms. The molecule has 0 spiro atoms. The second-order valence-electron chi connectivity index (χ2n) is 16.8. The van der Waals surface area contributed by atoms with Gasteiger partial charge in [0, 0.05) is 19.3 Å². The summed E-state index contributed by atoms with van der Waals surface area (Å²) in [5.74, 6) is -0.969. The fourth-order valence-corrected chi connectivity index (χ4v) is 7.12. The molecular weight excluding hydrogens is 745 g/mol. The van der Waals surface area contributed by atoms with Crippen LogP contribution in [0.25, 0.3) is 0 Å². The molecule has 6 nitrogen and oxygen atoms in total. The van der Waals surface area contributed by atoms with Crippen LogP contribution in [0, 0.1) is 0 Å². The maximum absolute atomic E-state index is 12.7. The third-order valence-electron chi connectivity index (χ3n) is 10.9. The van der Waals surface area contributed by atoms with E-state index in [0.717, 1.165) is 51.4 Å². The Kier molecular flexibility index (Phi) is 46.4. The van der Waals surface area contributed by atoms with Gasteiger partial charge in [0.25, 0.3) is 0 Å². The smallest absolute Gasteiger partial charge is 0.306 e. The number of carbonyl (C=O) groups excluding carboxylic acids is 3. The van der Waals surface area contributed by atoms with Crippen LogP contribution in [0.5, 0.6) is 0 Å². The van der Waals surface area contributed by atoms with Gasteiger partial charge >= 0.3 is 17.9 Å². The highest BCUT2D eigenvalue weighted by Gasteiger charge is 2.19. The van der Waals surface area contributed by atoms with Crippen molar-refractivity contribution in [2.24, 2.45) is 0 Å². The number of esters is 3. The summed E-state index contributed by atoms with van der Waals surface area (Å²) in [5.41, 5.74) is 0. The third-order valence-corrected chi connectivity index (χ3v) is 10.9. The van der Waals surface area contributed by atoms with Gasteiger partial charge in [-0.3, -0.25) is 14.4 Å². The number of hydrogen-bond donors (Lipinski definition) is 0. The van der Waals surface area contributed by atoms with E-state index in [9.17, 15) is 14.4 Å². The maximum atomic E-state index is 12.7. The molecule has 0 fully saturated rings. The molecule has 6 heteroatoms. The summed E-state index contributed by atoms with van der Waals surface area (Å²) >= 11 is 0. The highest BCUT2D eigenvalue weighted by atomic mass is 16.6. The van der Waals surface area contributed by atoms with Crippen LogP contribution < -0.4 is 0 Å². The lowest BCUT2D eigenvalue weighted by atomic mass is 10.0. The average Bonchev–Trinajstić information content (AvgIpc) is 3.24. The first-order chi connectivity index (χ1) is 29.5. The molecule has 0 saturated carbocycles. The van der Waals surface area contributed by atoms with Crippen LogP contribution in [-0.2, 0) is 28.6 Å². The van der Waals surface area contributed by atoms with Crippen LogP contribution in [0.15, 0.2) is 60.8 Å². The summed E-state index contributed by atoms with van der Waals surface area (Å²) < 4.78 is 16.7. The summed E-state index contributed by atoms with van der Waals surface area (Å²) in [6.45, 7) is 6.44. The minimum Gasteiger partial charge on any atom is -0.462 e. The Labute approximate surface area is 370 Å². The fourth-order valence-electron chi connectivity index (χ4n) is 7.12. The van der Waals surface area contributed by atoms with Crippen molar-refractivity contribution in [1.82, 2.24) is 0 Å². The van der Waals surface area contributed by atoms with Crippen molar-refractivity contribution in [2.75, 3.05) is 13.2 Å². The van der Waals surface area contributed by atoms with Crippen LogP contribution in [0.3, 0.4) is 0 Å². The van der Waals surface area contributed by atoms with E-state index in [-0.39, 0.29) is 37.5 Å². The van der Waals surface area contributed by atoms with Crippen molar-refractivity contribution in [2.45, 2.75) is 252 Å². The molecule has 0 saturated heterocycles. The standard InChI is InChI=1S/C54H94O6/c1-4-7-10-13-16-19-22-24-25-26-27-28-30-32-35-38-41-44-47-53(56)59-50-51(49-58-52(55)46-43-40-37-34-31-21-18-15-12-9-6-3)60-54(57)48-45-42-39-36-33-29-23-20-17-14-11-8-5-2/h8,11,14,17,20,23,29,33,36,39,51H,4-7,9-10,12-13,15-16,18-19,21-22,24-28,30-32,34-35,37-38,40-50H2,1-3H3/b11-8-,17-14-,23-20-,33-29-,39-36-. The molecule has 0 aliphatic rings. The lowest BCUT2D eigenvalue weighted by Crippen LogP contribution is -2.30. The molecule has 346 valence electrons. The molecular formula is C54H94O6. The summed E-state index contributed by atoms with van der Waals surface area (Å²) in [4.78, 5) is 37.8. The van der Waals surface area contributed by atoms with Gasteiger partial charge in [-0.1, -0.05) is 255 Å². The minimum absolute atomic E-state index is 0.0996. The zero-order valence-corrected chi connectivity index (χ0v) is 39.5. The summed E-state index contributed by atoms with van der Waals surface area (Å²) in [7, 11) is 0. The Morgan fingerprint density at radius 2 is 0.650 bits per heavy atom. The third kappa shape index (κ3) is 46.2. The second kappa shape index (κ2) is 48.8. The molecule has 0 aliphatic carbocycles. The van der Waals surface area contributed by atoms with E-state index >= 15 is 0 Å². The fraction of sp³-hybridized carbons (Fsp3) is 0.759. The van der Waals surface area contributed by atoms with Crippen molar-refractivity contribution in [3.63, 3.8) is 0 Å². The van der Waals surface area contributed by atoms with Crippen LogP contribution in [-0.4, -0.2) is 37.2 Å². The van der Waals surface area contributed by atoms with Crippen LogP contribution in [0.2, 0.25) is 0 Å². The molecule has 0 aromatic rings. The van der Waals surface area contributed by atoms with Gasteiger partial charge < -0.3 is 14.2 Å². The zero-order chi connectivity index (χ0) is 43.7. The Balaban J connectivity index is 4.39. The van der Waals surface area contributed by atoms with Gasteiger partial charge in [0.2, 0.25) is 0 Å². The molecule has 1 atom stereocenters. The van der Waals surface area contributed by atoms with E-state index in [4.69, 9.17) is 14.2 Å². The van der Waals surface area contributed by atoms with Gasteiger partial charge in [-0.25, -0.2) is 0 Å². The summed E-state index contributed by atoms with van der Waals surface area (Å²) in [6.07, 6.45) is 59.3. The predicted octanol–water partition coefficient (Wildman–Crippen LogP) is 16.5. The molecule has 0 bridgehead atoms. The molecule has 0 radical (unpaired) electrons. The molecule has 0 heterocycles. The van der Waals surface area contributed by atoms with Crippen molar-refractivity contribution in [1.29, 1.82) is 0 Å². The van der Waals surface area contributed by atoms with E-state index in [0.29, 0.717) is 19.3 Å². The van der Waals surface area contributed by atoms with Crippen LogP contribution >= 0.6 is 0 Å². The Morgan fingerprint density at radius 1 is 0.350 bits per heavy atom. The Hall–Kier alpha value is -2.89. The van der Waals surface area contributed by atoms with Crippen LogP contribution in [0.1, 0.15) is 245 Å². The van der Waals surface area contributed by atoms with Gasteiger partial charge in [-0.05, 0) is 32.1 Å². The van der Waals surface area contributed by atoms with Gasteiger partial charge in [-0.2, -0.15) is 0 Å². The molecule has 0 aromatic heterocycles. The molecule has 0 aliphatic heterocycles. The maximum Gasteiger partial charge on any atom is 0.306 e. The quantitative estimate of drug-likeness (QED) is 0.0263. The predicted molar refractivity (Wildman–Crippen MR) is 256 cm³/mol. The molecule has 0 amide bonds. The number of hydrogen-bond acceptors (Lipinski definition) is 6. The van der Waals surface area contributed by atoms with E-state index in [1.165, 1.54) is 148 Å². The van der Waals surface area contributed by atoms with Gasteiger partial charge in [-0.15, -0.1) is 0 Å². The van der Waals surface area contributed by atoms with E-state index in [2.05, 4.69) is 26.8 Å². The first-order valence-electron chi connectivity index (χ1n) is 25.4. The summed E-state index contributed by atoms with van der Waals surface area (Å²) in [6, 6.07) is 0. The monoisotopic (exact) mass is 839 g/mol. The number of allylic oxidation sites excluding steroid dienone is 10. The first kappa shape index (κ1) is 57.1. The highest BCUT2D eigenvalue weighted by molar-refractivity contribution is 5.71. The van der Waals surface area contributed by atoms with Crippen molar-refractivity contribution < 1.29 is 28.6 Å². The summed E-state index contributed by atoms with van der Waals surface area (Å²) in [5, 5.41) is 0. The normalized spacial score (nSPS) is 12.5. The van der Waals surface area contributed by atoms with Gasteiger partial charge in [0.05, 0.1) is 0 Å². The van der Waals surface area contributed by atoms with Crippen molar-refractivity contribution >= 4 is 17.9 Å². The molecule has 0 aromatic carbocycles. The highest BCUT2D eigenvalue weighted by Crippen LogP contribution is 2.16. The topological polar surface area (TPSA) is 78.9 Å².